The van der Waals surface area contributed by atoms with Crippen LogP contribution < -0.4 is 16.4 Å². The van der Waals surface area contributed by atoms with Gasteiger partial charge in [-0.05, 0) is 18.6 Å². The zero-order valence-corrected chi connectivity index (χ0v) is 11.3. The van der Waals surface area contributed by atoms with Gasteiger partial charge in [0.05, 0.1) is 11.0 Å². The summed E-state index contributed by atoms with van der Waals surface area (Å²) in [4.78, 5) is 37.8. The molecule has 0 aliphatic rings. The van der Waals surface area contributed by atoms with Crippen LogP contribution in [0.2, 0.25) is 0 Å². The first-order valence-corrected chi connectivity index (χ1v) is 6.62. The van der Waals surface area contributed by atoms with Crippen LogP contribution in [0.5, 0.6) is 0 Å². The number of carbonyl (C=O) groups is 1. The molecule has 2 N–H and O–H groups in total. The van der Waals surface area contributed by atoms with Crippen molar-refractivity contribution in [3.8, 4) is 0 Å². The minimum Gasteiger partial charge on any atom is -0.355 e. The molecule has 20 heavy (non-hydrogen) atoms. The second kappa shape index (κ2) is 6.18. The monoisotopic (exact) mass is 275 g/mol. The quantitative estimate of drug-likeness (QED) is 0.619. The molecule has 0 unspecified atom stereocenters. The second-order valence-electron chi connectivity index (χ2n) is 4.57. The number of amides is 1. The van der Waals surface area contributed by atoms with Crippen LogP contribution in [-0.2, 0) is 11.3 Å². The molecule has 106 valence electrons. The smallest absolute Gasteiger partial charge is 0.317 e. The zero-order valence-electron chi connectivity index (χ0n) is 11.3. The number of hydrogen-bond acceptors (Lipinski definition) is 3. The molecule has 1 amide bonds. The molecule has 0 aliphatic heterocycles. The molecule has 0 atom stereocenters. The van der Waals surface area contributed by atoms with Crippen LogP contribution in [0.15, 0.2) is 33.9 Å². The summed E-state index contributed by atoms with van der Waals surface area (Å²) in [5.74, 6) is -0.267. The maximum atomic E-state index is 11.9. The third kappa shape index (κ3) is 2.96. The molecular weight excluding hydrogens is 258 g/mol. The molecule has 1 heterocycles. The molecule has 1 aromatic heterocycles. The van der Waals surface area contributed by atoms with Gasteiger partial charge in [-0.2, -0.15) is 0 Å². The Morgan fingerprint density at radius 1 is 1.30 bits per heavy atom. The highest BCUT2D eigenvalue weighted by Gasteiger charge is 2.10. The first-order valence-electron chi connectivity index (χ1n) is 6.62. The Kier molecular flexibility index (Phi) is 4.34. The summed E-state index contributed by atoms with van der Waals surface area (Å²) in [5.41, 5.74) is -0.347. The topological polar surface area (TPSA) is 84.0 Å². The molecular formula is C14H17N3O3. The third-order valence-electron chi connectivity index (χ3n) is 3.04. The van der Waals surface area contributed by atoms with E-state index in [1.165, 1.54) is 4.57 Å². The van der Waals surface area contributed by atoms with Gasteiger partial charge in [0, 0.05) is 6.54 Å². The number of fused-ring (bicyclic) bond motifs is 1. The maximum absolute atomic E-state index is 11.9. The standard InChI is InChI=1S/C14H17N3O3/c1-2-3-8-15-12(18)9-17-11-7-5-4-6-10(11)16-13(19)14(17)20/h4-7H,2-3,8-9H2,1H3,(H,15,18)(H,16,19). The van der Waals surface area contributed by atoms with Gasteiger partial charge in [-0.15, -0.1) is 0 Å². The summed E-state index contributed by atoms with van der Waals surface area (Å²) >= 11 is 0. The first kappa shape index (κ1) is 14.0. The van der Waals surface area contributed by atoms with Crippen molar-refractivity contribution < 1.29 is 4.79 Å². The predicted molar refractivity (Wildman–Crippen MR) is 76.7 cm³/mol. The van der Waals surface area contributed by atoms with Crippen LogP contribution in [0.25, 0.3) is 11.0 Å². The van der Waals surface area contributed by atoms with Gasteiger partial charge in [0.2, 0.25) is 5.91 Å². The molecule has 6 nitrogen and oxygen atoms in total. The van der Waals surface area contributed by atoms with Crippen molar-refractivity contribution in [3.05, 3.63) is 45.0 Å². The molecule has 6 heteroatoms. The number of benzene rings is 1. The normalized spacial score (nSPS) is 10.7. The van der Waals surface area contributed by atoms with Crippen LogP contribution >= 0.6 is 0 Å². The summed E-state index contributed by atoms with van der Waals surface area (Å²) < 4.78 is 1.20. The van der Waals surface area contributed by atoms with E-state index in [1.807, 2.05) is 6.92 Å². The Bertz CT molecular complexity index is 730. The summed E-state index contributed by atoms with van der Waals surface area (Å²) in [6.45, 7) is 2.46. The van der Waals surface area contributed by atoms with Crippen LogP contribution in [0.4, 0.5) is 0 Å². The molecule has 0 aliphatic carbocycles. The molecule has 2 aromatic rings. The fourth-order valence-corrected chi connectivity index (χ4v) is 1.98. The predicted octanol–water partition coefficient (Wildman–Crippen LogP) is 0.606. The Morgan fingerprint density at radius 2 is 2.05 bits per heavy atom. The van der Waals surface area contributed by atoms with E-state index in [9.17, 15) is 14.4 Å². The van der Waals surface area contributed by atoms with E-state index in [4.69, 9.17) is 0 Å². The minimum absolute atomic E-state index is 0.146. The van der Waals surface area contributed by atoms with Gasteiger partial charge >= 0.3 is 11.1 Å². The fourth-order valence-electron chi connectivity index (χ4n) is 1.98. The van der Waals surface area contributed by atoms with Gasteiger partial charge in [0.25, 0.3) is 0 Å². The Labute approximate surface area is 115 Å². The van der Waals surface area contributed by atoms with E-state index in [0.29, 0.717) is 17.6 Å². The second-order valence-corrected chi connectivity index (χ2v) is 4.57. The summed E-state index contributed by atoms with van der Waals surface area (Å²) in [6, 6.07) is 6.91. The summed E-state index contributed by atoms with van der Waals surface area (Å²) in [5, 5.41) is 2.73. The number of hydrogen-bond donors (Lipinski definition) is 2. The average molecular weight is 275 g/mol. The summed E-state index contributed by atoms with van der Waals surface area (Å²) in [7, 11) is 0. The number of nitrogens with zero attached hydrogens (tertiary/aromatic N) is 1. The van der Waals surface area contributed by atoms with E-state index < -0.39 is 11.1 Å². The molecule has 0 saturated carbocycles. The van der Waals surface area contributed by atoms with Crippen molar-refractivity contribution in [1.82, 2.24) is 14.9 Å². The van der Waals surface area contributed by atoms with Crippen molar-refractivity contribution in [3.63, 3.8) is 0 Å². The molecule has 2 rings (SSSR count). The van der Waals surface area contributed by atoms with E-state index in [1.54, 1.807) is 24.3 Å². The Balaban J connectivity index is 2.33. The zero-order chi connectivity index (χ0) is 14.5. The van der Waals surface area contributed by atoms with Crippen LogP contribution in [0.3, 0.4) is 0 Å². The van der Waals surface area contributed by atoms with Crippen molar-refractivity contribution >= 4 is 16.9 Å². The van der Waals surface area contributed by atoms with E-state index >= 15 is 0 Å². The molecule has 0 fully saturated rings. The number of nitrogens with one attached hydrogen (secondary N) is 2. The molecule has 0 bridgehead atoms. The number of unbranched alkanes of at least 4 members (excludes halogenated alkanes) is 1. The highest BCUT2D eigenvalue weighted by atomic mass is 16.2. The van der Waals surface area contributed by atoms with Crippen molar-refractivity contribution in [2.45, 2.75) is 26.3 Å². The van der Waals surface area contributed by atoms with Gasteiger partial charge in [0.15, 0.2) is 0 Å². The first-order chi connectivity index (χ1) is 9.63. The number of H-pyrrole nitrogens is 1. The highest BCUT2D eigenvalue weighted by molar-refractivity contribution is 5.79. The van der Waals surface area contributed by atoms with Crippen molar-refractivity contribution in [2.24, 2.45) is 0 Å². The number of aromatic nitrogens is 2. The number of rotatable bonds is 5. The van der Waals surface area contributed by atoms with Crippen LogP contribution in [-0.4, -0.2) is 22.0 Å². The van der Waals surface area contributed by atoms with E-state index in [-0.39, 0.29) is 12.5 Å². The third-order valence-corrected chi connectivity index (χ3v) is 3.04. The van der Waals surface area contributed by atoms with Crippen LogP contribution in [0.1, 0.15) is 19.8 Å². The summed E-state index contributed by atoms with van der Waals surface area (Å²) in [6.07, 6.45) is 1.87. The Hall–Kier alpha value is -2.37. The lowest BCUT2D eigenvalue weighted by Gasteiger charge is -2.09. The Morgan fingerprint density at radius 3 is 2.80 bits per heavy atom. The lowest BCUT2D eigenvalue weighted by atomic mass is 10.3. The van der Waals surface area contributed by atoms with Gasteiger partial charge in [-0.1, -0.05) is 25.5 Å². The number of carbonyl (C=O) groups excluding carboxylic acids is 1. The fraction of sp³-hybridized carbons (Fsp3) is 0.357. The minimum atomic E-state index is -0.718. The highest BCUT2D eigenvalue weighted by Crippen LogP contribution is 2.06. The van der Waals surface area contributed by atoms with E-state index in [0.717, 1.165) is 12.8 Å². The van der Waals surface area contributed by atoms with Crippen molar-refractivity contribution in [1.29, 1.82) is 0 Å². The largest absolute Gasteiger partial charge is 0.355 e. The number of aromatic amines is 1. The number of para-hydroxylation sites is 2. The lowest BCUT2D eigenvalue weighted by molar-refractivity contribution is -0.121. The molecule has 0 spiro atoms. The van der Waals surface area contributed by atoms with E-state index in [2.05, 4.69) is 10.3 Å². The van der Waals surface area contributed by atoms with Gasteiger partial charge < -0.3 is 10.3 Å². The molecule has 0 radical (unpaired) electrons. The van der Waals surface area contributed by atoms with Crippen molar-refractivity contribution in [2.75, 3.05) is 6.54 Å². The maximum Gasteiger partial charge on any atom is 0.317 e. The molecule has 1 aromatic carbocycles. The SMILES string of the molecule is CCCCNC(=O)Cn1c(=O)c(=O)[nH]c2ccccc21. The van der Waals surface area contributed by atoms with Gasteiger partial charge in [0.1, 0.15) is 6.54 Å². The molecule has 0 saturated heterocycles. The lowest BCUT2D eigenvalue weighted by Crippen LogP contribution is -2.40. The average Bonchev–Trinajstić information content (AvgIpc) is 2.44. The van der Waals surface area contributed by atoms with Gasteiger partial charge in [-0.25, -0.2) is 0 Å². The van der Waals surface area contributed by atoms with Crippen LogP contribution in [0, 0.1) is 0 Å². The van der Waals surface area contributed by atoms with Gasteiger partial charge in [-0.3, -0.25) is 19.0 Å².